The normalized spacial score (nSPS) is 13.2. The molecule has 0 radical (unpaired) electrons. The number of pyridine rings is 1. The molecule has 6 aromatic rings. The number of nitrogen functional groups attached to an aromatic ring is 1. The molecule has 0 bridgehead atoms. The van der Waals surface area contributed by atoms with Gasteiger partial charge in [0.2, 0.25) is 17.7 Å². The molecule has 346 valence electrons. The lowest BCUT2D eigenvalue weighted by Crippen LogP contribution is -2.50. The highest BCUT2D eigenvalue weighted by molar-refractivity contribution is 7.98. The molecule has 0 aliphatic rings. The standard InChI is InChI=1S/C44H44ClN13O8S/c1-23(55-39(59)35(48)11-28-15-51-21-53-28)43(61)65-19-32(66-44(62)24(2)56-40(60)36(49)12-29-16-52-22-54-29)18-63-31-9-5-25(6-10-31)37-33(13-46)38(50)58-42(34(37)14-47)67-20-30-17-64-41(57-30)26-3-7-27(45)8-4-26/h3-10,15-17,21-24,32,35-36H,11-12,18-20,48-49H2,1-2H3,(H2,50,58)(H,51,53)(H,52,54)(H,55,59)(H,56,60)/t23-,24-,32-,35-,36-/m0/s1. The Labute approximate surface area is 392 Å². The van der Waals surface area contributed by atoms with Gasteiger partial charge >= 0.3 is 11.9 Å². The Kier molecular flexibility index (Phi) is 16.7. The molecule has 2 aromatic carbocycles. The first-order valence-corrected chi connectivity index (χ1v) is 21.7. The molecule has 0 saturated heterocycles. The molecule has 21 nitrogen and oxygen atoms in total. The Hall–Kier alpha value is -7.76. The fraction of sp³-hybridized carbons (Fsp3) is 0.273. The van der Waals surface area contributed by atoms with Crippen molar-refractivity contribution in [2.24, 2.45) is 11.5 Å². The van der Waals surface area contributed by atoms with Gasteiger partial charge in [0.25, 0.3) is 0 Å². The van der Waals surface area contributed by atoms with E-state index in [9.17, 15) is 29.7 Å². The van der Waals surface area contributed by atoms with Gasteiger partial charge in [0.15, 0.2) is 6.10 Å². The summed E-state index contributed by atoms with van der Waals surface area (Å²) in [7, 11) is 0. The SMILES string of the molecule is C[C@H](NC(=O)[C@@H](N)Cc1cnc[nH]1)C(=O)OC[C@H](COc1ccc(-c2c(C#N)c(N)nc(SCc3coc(-c4ccc(Cl)cc4)n3)c2C#N)cc1)OC(=O)[C@H](C)NC(=O)[C@@H](N)Cc1cnc[nH]1. The maximum absolute atomic E-state index is 13.3. The summed E-state index contributed by atoms with van der Waals surface area (Å²) in [5, 5.41) is 26.3. The van der Waals surface area contributed by atoms with Crippen LogP contribution in [0.3, 0.4) is 0 Å². The molecule has 6 rings (SSSR count). The lowest BCUT2D eigenvalue weighted by Gasteiger charge is -2.23. The number of carbonyl (C=O) groups excluding carboxylic acids is 4. The summed E-state index contributed by atoms with van der Waals surface area (Å²) in [6, 6.07) is 13.2. The largest absolute Gasteiger partial charge is 0.490 e. The van der Waals surface area contributed by atoms with Gasteiger partial charge in [-0.2, -0.15) is 10.5 Å². The predicted octanol–water partition coefficient (Wildman–Crippen LogP) is 3.10. The molecule has 5 atom stereocenters. The zero-order chi connectivity index (χ0) is 48.0. The Balaban J connectivity index is 1.13. The van der Waals surface area contributed by atoms with Crippen molar-refractivity contribution >= 4 is 52.9 Å². The number of imidazole rings is 2. The summed E-state index contributed by atoms with van der Waals surface area (Å²) in [5.74, 6) is -2.19. The molecule has 0 fully saturated rings. The number of nitriles is 2. The van der Waals surface area contributed by atoms with E-state index < -0.39 is 60.6 Å². The van der Waals surface area contributed by atoms with Gasteiger partial charge in [-0.15, -0.1) is 0 Å². The fourth-order valence-electron chi connectivity index (χ4n) is 6.23. The number of nitrogens with two attached hydrogens (primary N) is 3. The van der Waals surface area contributed by atoms with Crippen molar-refractivity contribution < 1.29 is 37.8 Å². The number of rotatable bonds is 21. The number of nitrogens with zero attached hydrogens (tertiary/aromatic N) is 6. The molecular formula is C44H44ClN13O8S. The molecule has 10 N–H and O–H groups in total. The number of amides is 2. The van der Waals surface area contributed by atoms with Crippen LogP contribution in [0, 0.1) is 22.7 Å². The zero-order valence-corrected chi connectivity index (χ0v) is 37.5. The van der Waals surface area contributed by atoms with Gasteiger partial charge < -0.3 is 56.4 Å². The van der Waals surface area contributed by atoms with E-state index in [2.05, 4.69) is 52.7 Å². The number of aromatic nitrogens is 6. The van der Waals surface area contributed by atoms with Gasteiger partial charge in [-0.3, -0.25) is 9.59 Å². The quantitative estimate of drug-likeness (QED) is 0.0402. The van der Waals surface area contributed by atoms with Crippen LogP contribution in [0.2, 0.25) is 5.02 Å². The van der Waals surface area contributed by atoms with E-state index in [1.165, 1.54) is 56.9 Å². The molecule has 0 aliphatic heterocycles. The van der Waals surface area contributed by atoms with Crippen LogP contribution >= 0.6 is 23.4 Å². The minimum Gasteiger partial charge on any atom is -0.490 e. The molecule has 2 amide bonds. The number of ether oxygens (including phenoxy) is 3. The highest BCUT2D eigenvalue weighted by Gasteiger charge is 2.28. The number of anilines is 1. The third-order valence-corrected chi connectivity index (χ3v) is 11.0. The van der Waals surface area contributed by atoms with Gasteiger partial charge in [-0.05, 0) is 55.8 Å². The molecule has 0 saturated carbocycles. The summed E-state index contributed by atoms with van der Waals surface area (Å²) >= 11 is 7.19. The lowest BCUT2D eigenvalue weighted by atomic mass is 9.97. The van der Waals surface area contributed by atoms with Crippen LogP contribution in [0.5, 0.6) is 5.75 Å². The maximum atomic E-state index is 13.3. The Morgan fingerprint density at radius 1 is 0.821 bits per heavy atom. The number of thioether (sulfide) groups is 1. The minimum atomic E-state index is -1.23. The number of H-pyrrole nitrogens is 2. The maximum Gasteiger partial charge on any atom is 0.328 e. The second-order valence-electron chi connectivity index (χ2n) is 14.9. The molecule has 67 heavy (non-hydrogen) atoms. The van der Waals surface area contributed by atoms with Crippen molar-refractivity contribution in [3.8, 4) is 40.5 Å². The number of halogens is 1. The average Bonchev–Trinajstić information content (AvgIpc) is 4.14. The third kappa shape index (κ3) is 13.2. The van der Waals surface area contributed by atoms with Crippen LogP contribution in [0.15, 0.2) is 89.3 Å². The molecule has 0 spiro atoms. The Morgan fingerprint density at radius 3 is 1.97 bits per heavy atom. The second-order valence-corrected chi connectivity index (χ2v) is 16.3. The minimum absolute atomic E-state index is 0.0106. The van der Waals surface area contributed by atoms with E-state index in [0.29, 0.717) is 33.6 Å². The zero-order valence-electron chi connectivity index (χ0n) is 35.9. The Bertz CT molecular complexity index is 2740. The number of benzene rings is 2. The van der Waals surface area contributed by atoms with E-state index in [1.807, 2.05) is 0 Å². The van der Waals surface area contributed by atoms with E-state index in [1.54, 1.807) is 48.5 Å². The number of hydrogen-bond acceptors (Lipinski definition) is 18. The molecule has 4 heterocycles. The van der Waals surface area contributed by atoms with Crippen molar-refractivity contribution in [1.82, 2.24) is 40.5 Å². The van der Waals surface area contributed by atoms with E-state index in [-0.39, 0.29) is 58.5 Å². The number of carbonyl (C=O) groups is 4. The van der Waals surface area contributed by atoms with Gasteiger partial charge in [0, 0.05) is 58.5 Å². The molecule has 23 heteroatoms. The summed E-state index contributed by atoms with van der Waals surface area (Å²) in [6.45, 7) is 1.92. The summed E-state index contributed by atoms with van der Waals surface area (Å²) < 4.78 is 22.7. The van der Waals surface area contributed by atoms with Gasteiger partial charge in [-0.25, -0.2) is 29.5 Å². The third-order valence-electron chi connectivity index (χ3n) is 9.78. The van der Waals surface area contributed by atoms with E-state index in [0.717, 1.165) is 5.56 Å². The second kappa shape index (κ2) is 22.9. The van der Waals surface area contributed by atoms with E-state index >= 15 is 0 Å². The summed E-state index contributed by atoms with van der Waals surface area (Å²) in [6.07, 6.45) is 6.46. The Morgan fingerprint density at radius 2 is 1.40 bits per heavy atom. The average molecular weight is 950 g/mol. The number of nitrogens with one attached hydrogen (secondary N) is 4. The first-order valence-electron chi connectivity index (χ1n) is 20.4. The van der Waals surface area contributed by atoms with Gasteiger partial charge in [-0.1, -0.05) is 35.5 Å². The van der Waals surface area contributed by atoms with Crippen molar-refractivity contribution in [3.05, 3.63) is 113 Å². The lowest BCUT2D eigenvalue weighted by molar-refractivity contribution is -0.163. The van der Waals surface area contributed by atoms with Crippen molar-refractivity contribution in [2.75, 3.05) is 18.9 Å². The molecular weight excluding hydrogens is 906 g/mol. The van der Waals surface area contributed by atoms with Crippen LogP contribution in [0.25, 0.3) is 22.6 Å². The summed E-state index contributed by atoms with van der Waals surface area (Å²) in [5.41, 5.74) is 21.6. The van der Waals surface area contributed by atoms with Crippen molar-refractivity contribution in [3.63, 3.8) is 0 Å². The highest BCUT2D eigenvalue weighted by Crippen LogP contribution is 2.37. The van der Waals surface area contributed by atoms with Crippen LogP contribution in [-0.4, -0.2) is 97.1 Å². The first kappa shape index (κ1) is 48.7. The number of esters is 2. The van der Waals surface area contributed by atoms with Crippen LogP contribution in [0.4, 0.5) is 5.82 Å². The first-order chi connectivity index (χ1) is 32.2. The van der Waals surface area contributed by atoms with Crippen LogP contribution < -0.4 is 32.6 Å². The number of aromatic amines is 2. The highest BCUT2D eigenvalue weighted by atomic mass is 35.5. The molecule has 4 aromatic heterocycles. The van der Waals surface area contributed by atoms with Gasteiger partial charge in [0.05, 0.1) is 36.0 Å². The molecule has 0 unspecified atom stereocenters. The molecule has 0 aliphatic carbocycles. The number of oxazole rings is 1. The smallest absolute Gasteiger partial charge is 0.328 e. The monoisotopic (exact) mass is 949 g/mol. The summed E-state index contributed by atoms with van der Waals surface area (Å²) in [4.78, 5) is 74.3. The topological polar surface area (TPSA) is 342 Å². The van der Waals surface area contributed by atoms with E-state index in [4.69, 9.17) is 47.4 Å². The van der Waals surface area contributed by atoms with Crippen LogP contribution in [-0.2, 0) is 47.2 Å². The van der Waals surface area contributed by atoms with Crippen molar-refractivity contribution in [2.45, 2.75) is 67.7 Å². The number of hydrogen-bond donors (Lipinski definition) is 7. The van der Waals surface area contributed by atoms with Crippen LogP contribution in [0.1, 0.15) is 42.1 Å². The van der Waals surface area contributed by atoms with Crippen molar-refractivity contribution in [1.29, 1.82) is 10.5 Å². The fourth-order valence-corrected chi connectivity index (χ4v) is 7.23. The van der Waals surface area contributed by atoms with Gasteiger partial charge in [0.1, 0.15) is 65.9 Å². The predicted molar refractivity (Wildman–Crippen MR) is 242 cm³/mol.